The fourth-order valence-electron chi connectivity index (χ4n) is 1.81. The fourth-order valence-corrected chi connectivity index (χ4v) is 1.81. The van der Waals surface area contributed by atoms with Gasteiger partial charge in [0.25, 0.3) is 0 Å². The Labute approximate surface area is 108 Å². The number of carboxylic acid groups (broad SMARTS) is 1. The molecule has 1 heterocycles. The number of carbonyl (C=O) groups is 2. The lowest BCUT2D eigenvalue weighted by Gasteiger charge is -2.21. The molecule has 0 aliphatic carbocycles. The van der Waals surface area contributed by atoms with Crippen LogP contribution < -0.4 is 11.1 Å². The summed E-state index contributed by atoms with van der Waals surface area (Å²) in [6.45, 7) is 0.412. The summed E-state index contributed by atoms with van der Waals surface area (Å²) in [4.78, 5) is 23.0. The summed E-state index contributed by atoms with van der Waals surface area (Å²) >= 11 is 0. The number of halogens is 1. The number of carboxylic acids is 1. The van der Waals surface area contributed by atoms with E-state index in [-0.39, 0.29) is 17.9 Å². The van der Waals surface area contributed by atoms with Crippen LogP contribution >= 0.6 is 0 Å². The third kappa shape index (κ3) is 2.72. The number of carbonyl (C=O) groups excluding carboxylic acids is 1. The van der Waals surface area contributed by atoms with Crippen LogP contribution in [0.1, 0.15) is 16.8 Å². The topological polar surface area (TPSA) is 102 Å². The number of benzene rings is 1. The molecule has 1 amide bonds. The van der Waals surface area contributed by atoms with Gasteiger partial charge in [0, 0.05) is 6.61 Å². The highest BCUT2D eigenvalue weighted by Gasteiger charge is 2.38. The van der Waals surface area contributed by atoms with Gasteiger partial charge in [-0.25, -0.2) is 9.18 Å². The Morgan fingerprint density at radius 1 is 1.47 bits per heavy atom. The van der Waals surface area contributed by atoms with Crippen molar-refractivity contribution in [3.63, 3.8) is 0 Å². The maximum Gasteiger partial charge on any atom is 0.337 e. The van der Waals surface area contributed by atoms with Crippen LogP contribution in [-0.4, -0.2) is 35.7 Å². The quantitative estimate of drug-likeness (QED) is 0.744. The van der Waals surface area contributed by atoms with Crippen molar-refractivity contribution in [2.24, 2.45) is 5.73 Å². The Hall–Kier alpha value is -1.99. The summed E-state index contributed by atoms with van der Waals surface area (Å²) in [6.07, 6.45) is 0.330. The molecule has 1 aromatic carbocycles. The molecule has 1 aliphatic heterocycles. The lowest BCUT2D eigenvalue weighted by molar-refractivity contribution is -0.121. The second-order valence-electron chi connectivity index (χ2n) is 4.41. The zero-order valence-corrected chi connectivity index (χ0v) is 9.98. The second-order valence-corrected chi connectivity index (χ2v) is 4.41. The summed E-state index contributed by atoms with van der Waals surface area (Å²) in [6, 6.07) is 3.04. The van der Waals surface area contributed by atoms with Crippen molar-refractivity contribution in [2.75, 3.05) is 18.5 Å². The molecule has 0 bridgehead atoms. The molecule has 0 spiro atoms. The van der Waals surface area contributed by atoms with Gasteiger partial charge in [-0.1, -0.05) is 0 Å². The minimum absolute atomic E-state index is 0.0521. The van der Waals surface area contributed by atoms with Gasteiger partial charge in [0.2, 0.25) is 5.91 Å². The van der Waals surface area contributed by atoms with E-state index in [0.29, 0.717) is 13.0 Å². The van der Waals surface area contributed by atoms with Gasteiger partial charge >= 0.3 is 5.97 Å². The highest BCUT2D eigenvalue weighted by molar-refractivity contribution is 6.03. The number of anilines is 1. The molecule has 2 rings (SSSR count). The predicted molar refractivity (Wildman–Crippen MR) is 64.3 cm³/mol. The summed E-state index contributed by atoms with van der Waals surface area (Å²) in [5.74, 6) is -2.49. The van der Waals surface area contributed by atoms with Crippen LogP contribution in [0.3, 0.4) is 0 Å². The average molecular weight is 268 g/mol. The maximum absolute atomic E-state index is 13.1. The third-order valence-electron chi connectivity index (χ3n) is 2.96. The molecule has 1 aromatic rings. The average Bonchev–Trinajstić information content (AvgIpc) is 2.77. The fraction of sp³-hybridized carbons (Fsp3) is 0.333. The molecule has 1 atom stereocenters. The zero-order chi connectivity index (χ0) is 14.0. The zero-order valence-electron chi connectivity index (χ0n) is 9.98. The van der Waals surface area contributed by atoms with Crippen LogP contribution in [0.15, 0.2) is 18.2 Å². The normalized spacial score (nSPS) is 22.2. The number of nitrogens with two attached hydrogens (primary N) is 1. The van der Waals surface area contributed by atoms with Crippen molar-refractivity contribution in [2.45, 2.75) is 12.0 Å². The molecule has 6 nitrogen and oxygen atoms in total. The summed E-state index contributed by atoms with van der Waals surface area (Å²) < 4.78 is 18.2. The van der Waals surface area contributed by atoms with Gasteiger partial charge in [0.05, 0.1) is 17.9 Å². The summed E-state index contributed by atoms with van der Waals surface area (Å²) in [5.41, 5.74) is 4.32. The van der Waals surface area contributed by atoms with E-state index >= 15 is 0 Å². The van der Waals surface area contributed by atoms with Crippen LogP contribution in [0.5, 0.6) is 0 Å². The van der Waals surface area contributed by atoms with E-state index in [0.717, 1.165) is 18.2 Å². The second kappa shape index (κ2) is 4.94. The lowest BCUT2D eigenvalue weighted by Crippen LogP contribution is -2.51. The Balaban J connectivity index is 2.25. The van der Waals surface area contributed by atoms with Crippen molar-refractivity contribution in [3.8, 4) is 0 Å². The smallest absolute Gasteiger partial charge is 0.337 e. The molecular formula is C12H13FN2O4. The molecule has 1 unspecified atom stereocenters. The SMILES string of the molecule is NC1(C(=O)Nc2cc(F)ccc2C(=O)O)CCOC1. The van der Waals surface area contributed by atoms with Gasteiger partial charge < -0.3 is 20.9 Å². The largest absolute Gasteiger partial charge is 0.478 e. The van der Waals surface area contributed by atoms with Gasteiger partial charge in [-0.15, -0.1) is 0 Å². The number of nitrogens with one attached hydrogen (secondary N) is 1. The number of hydrogen-bond acceptors (Lipinski definition) is 4. The van der Waals surface area contributed by atoms with Crippen molar-refractivity contribution < 1.29 is 23.8 Å². The number of amides is 1. The van der Waals surface area contributed by atoms with Gasteiger partial charge in [-0.2, -0.15) is 0 Å². The number of hydrogen-bond donors (Lipinski definition) is 3. The van der Waals surface area contributed by atoms with Crippen LogP contribution in [0.2, 0.25) is 0 Å². The highest BCUT2D eigenvalue weighted by Crippen LogP contribution is 2.21. The van der Waals surface area contributed by atoms with E-state index in [1.165, 1.54) is 0 Å². The molecular weight excluding hydrogens is 255 g/mol. The van der Waals surface area contributed by atoms with E-state index in [4.69, 9.17) is 15.6 Å². The van der Waals surface area contributed by atoms with Crippen LogP contribution in [0.25, 0.3) is 0 Å². The van der Waals surface area contributed by atoms with Crippen LogP contribution in [0, 0.1) is 5.82 Å². The predicted octanol–water partition coefficient (Wildman–Crippen LogP) is 0.580. The third-order valence-corrected chi connectivity index (χ3v) is 2.96. The first-order valence-electron chi connectivity index (χ1n) is 5.63. The molecule has 7 heteroatoms. The minimum atomic E-state index is -1.26. The maximum atomic E-state index is 13.1. The van der Waals surface area contributed by atoms with E-state index < -0.39 is 23.2 Å². The molecule has 19 heavy (non-hydrogen) atoms. The molecule has 102 valence electrons. The number of ether oxygens (including phenoxy) is 1. The summed E-state index contributed by atoms with van der Waals surface area (Å²) in [5, 5.41) is 11.3. The monoisotopic (exact) mass is 268 g/mol. The van der Waals surface area contributed by atoms with E-state index in [2.05, 4.69) is 5.32 Å². The molecule has 0 saturated carbocycles. The first-order chi connectivity index (χ1) is 8.92. The molecule has 4 N–H and O–H groups in total. The highest BCUT2D eigenvalue weighted by atomic mass is 19.1. The van der Waals surface area contributed by atoms with Gasteiger partial charge in [0.15, 0.2) is 0 Å². The molecule has 0 radical (unpaired) electrons. The van der Waals surface area contributed by atoms with Gasteiger partial charge in [-0.05, 0) is 24.6 Å². The van der Waals surface area contributed by atoms with Crippen molar-refractivity contribution >= 4 is 17.6 Å². The molecule has 1 saturated heterocycles. The van der Waals surface area contributed by atoms with Crippen molar-refractivity contribution in [1.82, 2.24) is 0 Å². The van der Waals surface area contributed by atoms with E-state index in [9.17, 15) is 14.0 Å². The minimum Gasteiger partial charge on any atom is -0.478 e. The van der Waals surface area contributed by atoms with Crippen LogP contribution in [0.4, 0.5) is 10.1 Å². The lowest BCUT2D eigenvalue weighted by atomic mass is 9.99. The Kier molecular flexibility index (Phi) is 3.50. The van der Waals surface area contributed by atoms with Gasteiger partial charge in [-0.3, -0.25) is 4.79 Å². The van der Waals surface area contributed by atoms with Crippen molar-refractivity contribution in [1.29, 1.82) is 0 Å². The van der Waals surface area contributed by atoms with E-state index in [1.807, 2.05) is 0 Å². The van der Waals surface area contributed by atoms with E-state index in [1.54, 1.807) is 0 Å². The Morgan fingerprint density at radius 3 is 2.79 bits per heavy atom. The van der Waals surface area contributed by atoms with Crippen molar-refractivity contribution in [3.05, 3.63) is 29.6 Å². The van der Waals surface area contributed by atoms with Crippen LogP contribution in [-0.2, 0) is 9.53 Å². The standard InChI is InChI=1S/C12H13FN2O4/c13-7-1-2-8(10(16)17)9(5-7)15-11(18)12(14)3-4-19-6-12/h1-2,5H,3-4,6,14H2,(H,15,18)(H,16,17). The molecule has 1 aliphatic rings. The first kappa shape index (κ1) is 13.4. The Morgan fingerprint density at radius 2 is 2.21 bits per heavy atom. The first-order valence-corrected chi connectivity index (χ1v) is 5.63. The molecule has 1 fully saturated rings. The number of aromatic carboxylic acids is 1. The molecule has 0 aromatic heterocycles. The number of rotatable bonds is 3. The van der Waals surface area contributed by atoms with Gasteiger partial charge in [0.1, 0.15) is 11.4 Å². The Bertz CT molecular complexity index is 526. The summed E-state index contributed by atoms with van der Waals surface area (Å²) in [7, 11) is 0.